The van der Waals surface area contributed by atoms with Gasteiger partial charge in [-0.2, -0.15) is 4.58 Å². The van der Waals surface area contributed by atoms with Gasteiger partial charge >= 0.3 is 5.79 Å². The van der Waals surface area contributed by atoms with Crippen LogP contribution in [0.3, 0.4) is 0 Å². The van der Waals surface area contributed by atoms with Crippen molar-refractivity contribution < 1.29 is 9.14 Å². The second kappa shape index (κ2) is 12.9. The Kier molecular flexibility index (Phi) is 7.88. The third kappa shape index (κ3) is 5.16. The van der Waals surface area contributed by atoms with Crippen LogP contribution < -0.4 is 4.57 Å². The summed E-state index contributed by atoms with van der Waals surface area (Å²) in [5.41, 5.74) is 12.8. The maximum Gasteiger partial charge on any atom is 0.417 e. The second-order valence-electron chi connectivity index (χ2n) is 18.7. The van der Waals surface area contributed by atoms with Crippen molar-refractivity contribution in [1.29, 1.82) is 0 Å². The van der Waals surface area contributed by atoms with E-state index in [0.717, 1.165) is 5.65 Å². The molecule has 1 spiro atoms. The van der Waals surface area contributed by atoms with Gasteiger partial charge in [-0.05, 0) is 100 Å². The fraction of sp³-hybridized carbons (Fsp3) is 0.365. The maximum absolute atomic E-state index is 5.45. The highest BCUT2D eigenvalue weighted by Gasteiger charge is 2.66. The standard InChI is InChI=1S/C52H54N5/c1-33-27-36-21-24-43-47-49-46-42-25-23-39(51(3,4)5)29-37(42)22-26-45(46)52(57(49)32-53-50(47)54-48(43)44(36)28-34(33)2)55(40-17-11-7-12-18-40)30-38(35-15-9-6-10-16-35)31-56(52)41-19-13-8-14-20-41/h6,9-10,15-16,21-32,40-41H,7-8,11-14,17-20H2,1-5H3/q+1/p+1. The highest BCUT2D eigenvalue weighted by molar-refractivity contribution is 6.21. The first-order valence-electron chi connectivity index (χ1n) is 21.8. The van der Waals surface area contributed by atoms with Crippen LogP contribution >= 0.6 is 0 Å². The molecule has 11 rings (SSSR count). The van der Waals surface area contributed by atoms with Crippen molar-refractivity contribution in [2.24, 2.45) is 0 Å². The molecule has 1 unspecified atom stereocenters. The van der Waals surface area contributed by atoms with Gasteiger partial charge in [0.25, 0.3) is 12.0 Å². The highest BCUT2D eigenvalue weighted by atomic mass is 15.5. The van der Waals surface area contributed by atoms with Crippen LogP contribution in [0, 0.1) is 13.8 Å². The number of nitrogens with one attached hydrogen (secondary N) is 1. The number of aryl methyl sites for hydroxylation is 2. The fourth-order valence-electron chi connectivity index (χ4n) is 11.2. The van der Waals surface area contributed by atoms with E-state index in [1.807, 2.05) is 0 Å². The number of allylic oxidation sites excluding steroid dienone is 1. The second-order valence-corrected chi connectivity index (χ2v) is 18.7. The zero-order valence-corrected chi connectivity index (χ0v) is 34.3. The predicted octanol–water partition coefficient (Wildman–Crippen LogP) is 12.0. The summed E-state index contributed by atoms with van der Waals surface area (Å²) >= 11 is 0. The number of hydrogen-bond donors (Lipinski definition) is 1. The van der Waals surface area contributed by atoms with Gasteiger partial charge in [0.15, 0.2) is 18.0 Å². The quantitative estimate of drug-likeness (QED) is 0.183. The summed E-state index contributed by atoms with van der Waals surface area (Å²) < 4.78 is 5.49. The lowest BCUT2D eigenvalue weighted by molar-refractivity contribution is -0.944. The Morgan fingerprint density at radius 1 is 0.737 bits per heavy atom. The van der Waals surface area contributed by atoms with Gasteiger partial charge in [-0.15, -0.1) is 4.57 Å². The molecule has 4 heterocycles. The number of nitrogens with zero attached hydrogens (tertiary/aromatic N) is 4. The normalized spacial score (nSPS) is 20.5. The molecule has 2 aromatic heterocycles. The van der Waals surface area contributed by atoms with Crippen molar-refractivity contribution in [2.45, 2.75) is 122 Å². The summed E-state index contributed by atoms with van der Waals surface area (Å²) in [7, 11) is 0. The van der Waals surface area contributed by atoms with Crippen molar-refractivity contribution >= 4 is 55.3 Å². The van der Waals surface area contributed by atoms with Gasteiger partial charge in [0.05, 0.1) is 11.1 Å². The van der Waals surface area contributed by atoms with Gasteiger partial charge in [0, 0.05) is 41.4 Å². The molecule has 0 amide bonds. The highest BCUT2D eigenvalue weighted by Crippen LogP contribution is 2.52. The van der Waals surface area contributed by atoms with Crippen LogP contribution in [0.5, 0.6) is 0 Å². The Balaban J connectivity index is 1.29. The van der Waals surface area contributed by atoms with E-state index < -0.39 is 5.79 Å². The lowest BCUT2D eigenvalue weighted by Crippen LogP contribution is -2.73. The summed E-state index contributed by atoms with van der Waals surface area (Å²) in [6.07, 6.45) is 19.8. The third-order valence-corrected chi connectivity index (χ3v) is 14.3. The van der Waals surface area contributed by atoms with Crippen LogP contribution in [-0.4, -0.2) is 37.7 Å². The smallest absolute Gasteiger partial charge is 0.317 e. The van der Waals surface area contributed by atoms with Crippen molar-refractivity contribution in [3.8, 4) is 11.3 Å². The number of hydrogen-bond acceptors (Lipinski definition) is 2. The number of H-pyrrole nitrogens is 1. The Morgan fingerprint density at radius 2 is 1.44 bits per heavy atom. The van der Waals surface area contributed by atoms with Crippen LogP contribution in [0.2, 0.25) is 0 Å². The lowest BCUT2D eigenvalue weighted by Gasteiger charge is -2.45. The van der Waals surface area contributed by atoms with E-state index in [1.54, 1.807) is 0 Å². The van der Waals surface area contributed by atoms with Gasteiger partial charge in [-0.3, -0.25) is 4.90 Å². The number of aromatic nitrogens is 3. The van der Waals surface area contributed by atoms with Crippen molar-refractivity contribution in [3.05, 3.63) is 125 Å². The number of benzene rings is 5. The molecule has 2 saturated carbocycles. The molecule has 2 aliphatic heterocycles. The summed E-state index contributed by atoms with van der Waals surface area (Å²) in [6, 6.07) is 33.6. The Labute approximate surface area is 336 Å². The zero-order chi connectivity index (χ0) is 38.6. The van der Waals surface area contributed by atoms with Gasteiger partial charge in [0.2, 0.25) is 0 Å². The van der Waals surface area contributed by atoms with Crippen LogP contribution in [0.1, 0.15) is 113 Å². The molecule has 1 N–H and O–H groups in total. The van der Waals surface area contributed by atoms with E-state index in [9.17, 15) is 0 Å². The van der Waals surface area contributed by atoms with E-state index >= 15 is 0 Å². The Morgan fingerprint density at radius 3 is 2.21 bits per heavy atom. The monoisotopic (exact) mass is 749 g/mol. The van der Waals surface area contributed by atoms with Gasteiger partial charge in [-0.1, -0.05) is 119 Å². The molecule has 0 saturated heterocycles. The van der Waals surface area contributed by atoms with Crippen molar-refractivity contribution in [2.75, 3.05) is 0 Å². The van der Waals surface area contributed by atoms with Crippen molar-refractivity contribution in [3.63, 3.8) is 0 Å². The predicted molar refractivity (Wildman–Crippen MR) is 236 cm³/mol. The maximum atomic E-state index is 5.45. The topological polar surface area (TPSA) is 38.8 Å². The molecule has 5 nitrogen and oxygen atoms in total. The molecule has 5 heteroatoms. The van der Waals surface area contributed by atoms with E-state index in [2.05, 4.69) is 157 Å². The van der Waals surface area contributed by atoms with Crippen LogP contribution in [0.4, 0.5) is 0 Å². The molecule has 2 fully saturated rings. The van der Waals surface area contributed by atoms with E-state index in [0.29, 0.717) is 12.1 Å². The summed E-state index contributed by atoms with van der Waals surface area (Å²) in [5, 5.41) is 7.64. The molecule has 286 valence electrons. The molecule has 7 aromatic rings. The molecule has 4 aliphatic rings. The average molecular weight is 750 g/mol. The number of aromatic amines is 1. The van der Waals surface area contributed by atoms with Gasteiger partial charge in [-0.25, -0.2) is 0 Å². The molecular weight excluding hydrogens is 695 g/mol. The Bertz CT molecular complexity index is 2820. The molecule has 1 atom stereocenters. The molecule has 57 heavy (non-hydrogen) atoms. The first-order chi connectivity index (χ1) is 27.7. The molecular formula is C52H55N5+2. The van der Waals surface area contributed by atoms with E-state index in [1.165, 1.54) is 147 Å². The minimum Gasteiger partial charge on any atom is -0.317 e. The van der Waals surface area contributed by atoms with Crippen LogP contribution in [0.15, 0.2) is 97.5 Å². The summed E-state index contributed by atoms with van der Waals surface area (Å²) in [6.45, 7) is 11.4. The Hall–Kier alpha value is -5.29. The van der Waals surface area contributed by atoms with Gasteiger partial charge in [0.1, 0.15) is 10.9 Å². The SMILES string of the molecule is Cc1cc2ccc3c([nH]c4nc[n+]5c(c43)-c3c(ccc4cc(C(C)(C)C)ccc34)C53N(C4CCCCC4)C=C(c4ccccc4)C=[N+]3C3CCCCC3)c2cc1C. The first-order valence-corrected chi connectivity index (χ1v) is 21.8. The largest absolute Gasteiger partial charge is 0.417 e. The van der Waals surface area contributed by atoms with E-state index in [-0.39, 0.29) is 5.41 Å². The average Bonchev–Trinajstić information content (AvgIpc) is 3.76. The first kappa shape index (κ1) is 34.9. The van der Waals surface area contributed by atoms with Crippen LogP contribution in [0.25, 0.3) is 60.3 Å². The minimum atomic E-state index is -0.612. The number of fused-ring (bicyclic) bond motifs is 13. The molecule has 0 bridgehead atoms. The summed E-state index contributed by atoms with van der Waals surface area (Å²) in [4.78, 5) is 12.2. The fourth-order valence-corrected chi connectivity index (χ4v) is 11.2. The minimum absolute atomic E-state index is 0.0547. The van der Waals surface area contributed by atoms with Crippen molar-refractivity contribution in [1.82, 2.24) is 14.9 Å². The molecule has 5 aromatic carbocycles. The number of rotatable bonds is 3. The van der Waals surface area contributed by atoms with Crippen LogP contribution in [-0.2, 0) is 11.2 Å². The zero-order valence-electron chi connectivity index (χ0n) is 34.3. The third-order valence-electron chi connectivity index (χ3n) is 14.3. The van der Waals surface area contributed by atoms with E-state index in [4.69, 9.17) is 4.98 Å². The lowest BCUT2D eigenvalue weighted by atomic mass is 9.84. The summed E-state index contributed by atoms with van der Waals surface area (Å²) in [5.74, 6) is -0.612. The molecule has 0 radical (unpaired) electrons. The molecule has 2 aliphatic carbocycles. The van der Waals surface area contributed by atoms with Gasteiger partial charge < -0.3 is 4.98 Å².